The van der Waals surface area contributed by atoms with Crippen LogP contribution in [0.25, 0.3) is 0 Å². The van der Waals surface area contributed by atoms with E-state index in [4.69, 9.17) is 4.74 Å². The maximum Gasteiger partial charge on any atom is 0.412 e. The van der Waals surface area contributed by atoms with Crippen molar-refractivity contribution in [2.45, 2.75) is 0 Å². The molecule has 2 amide bonds. The first kappa shape index (κ1) is 22.0. The third kappa shape index (κ3) is 5.18. The number of ether oxygens (including phenoxy) is 1. The highest BCUT2D eigenvalue weighted by Crippen LogP contribution is 2.29. The molecule has 0 atom stereocenters. The largest absolute Gasteiger partial charge is 0.412 e. The van der Waals surface area contributed by atoms with Crippen LogP contribution < -0.4 is 15.4 Å². The topological polar surface area (TPSA) is 130 Å². The minimum Gasteiger partial charge on any atom is -0.410 e. The molecule has 0 bridgehead atoms. The highest BCUT2D eigenvalue weighted by molar-refractivity contribution is 8.04. The average Bonchev–Trinajstić information content (AvgIpc) is 3.27. The van der Waals surface area contributed by atoms with Crippen LogP contribution in [-0.2, 0) is 0 Å². The smallest absolute Gasteiger partial charge is 0.410 e. The lowest BCUT2D eigenvalue weighted by atomic mass is 9.99. The van der Waals surface area contributed by atoms with E-state index in [1.54, 1.807) is 60.7 Å². The van der Waals surface area contributed by atoms with Gasteiger partial charge in [0.05, 0.1) is 10.5 Å². The van der Waals surface area contributed by atoms with Gasteiger partial charge in [0.25, 0.3) is 5.91 Å². The van der Waals surface area contributed by atoms with Gasteiger partial charge >= 0.3 is 6.09 Å². The van der Waals surface area contributed by atoms with Gasteiger partial charge in [0.1, 0.15) is 17.1 Å². The van der Waals surface area contributed by atoms with Crippen molar-refractivity contribution in [3.63, 3.8) is 0 Å². The Hall–Kier alpha value is -4.18. The third-order valence-corrected chi connectivity index (χ3v) is 5.58. The second kappa shape index (κ2) is 9.96. The van der Waals surface area contributed by atoms with Crippen LogP contribution in [0.2, 0.25) is 0 Å². The number of Topliss-reactive ketones (excluding diaryl/α,β-unsaturated/α-hetero) is 1. The molecule has 0 saturated heterocycles. The van der Waals surface area contributed by atoms with Crippen molar-refractivity contribution in [1.29, 1.82) is 0 Å². The quantitative estimate of drug-likeness (QED) is 0.459. The normalized spacial score (nSPS) is 12.5. The van der Waals surface area contributed by atoms with E-state index < -0.39 is 23.6 Å². The van der Waals surface area contributed by atoms with Crippen LogP contribution >= 0.6 is 11.8 Å². The van der Waals surface area contributed by atoms with Gasteiger partial charge in [-0.1, -0.05) is 36.4 Å². The van der Waals surface area contributed by atoms with Crippen LogP contribution in [0, 0.1) is 0 Å². The number of rotatable bonds is 7. The summed E-state index contributed by atoms with van der Waals surface area (Å²) in [6.45, 7) is 0.203. The molecule has 0 spiro atoms. The van der Waals surface area contributed by atoms with Gasteiger partial charge in [-0.15, -0.1) is 11.8 Å². The number of amides is 2. The number of nitrogens with one attached hydrogen (secondary N) is 3. The van der Waals surface area contributed by atoms with Crippen molar-refractivity contribution >= 4 is 41.0 Å². The first-order chi connectivity index (χ1) is 16.0. The monoisotopic (exact) mass is 462 g/mol. The van der Waals surface area contributed by atoms with E-state index in [1.807, 2.05) is 0 Å². The summed E-state index contributed by atoms with van der Waals surface area (Å²) >= 11 is 1.10. The number of carbonyl (C=O) groups excluding carboxylic acids is 4. The fraction of sp³-hybridized carbons (Fsp3) is 0.0870. The lowest BCUT2D eigenvalue weighted by Crippen LogP contribution is -2.29. The first-order valence-corrected chi connectivity index (χ1v) is 10.9. The second-order valence-corrected chi connectivity index (χ2v) is 7.96. The van der Waals surface area contributed by atoms with Gasteiger partial charge < -0.3 is 15.4 Å². The maximum absolute atomic E-state index is 13.0. The molecule has 2 aromatic carbocycles. The minimum absolute atomic E-state index is 0.0603. The molecule has 10 heteroatoms. The van der Waals surface area contributed by atoms with E-state index in [1.165, 1.54) is 6.08 Å². The summed E-state index contributed by atoms with van der Waals surface area (Å²) in [4.78, 5) is 50.1. The number of thioether (sulfide) groups is 1. The third-order valence-electron chi connectivity index (χ3n) is 4.55. The Bertz CT molecular complexity index is 1240. The Labute approximate surface area is 192 Å². The van der Waals surface area contributed by atoms with Crippen molar-refractivity contribution in [3.05, 3.63) is 88.6 Å². The zero-order chi connectivity index (χ0) is 23.2. The number of aromatic nitrogens is 2. The first-order valence-electron chi connectivity index (χ1n) is 9.92. The number of H-pyrrole nitrogens is 1. The SMILES string of the molecule is O=C(NCCSC1=CC(=O)c2n[nH]c(C(=O)Nc3ccccc3)c2C1=O)Oc1ccccc1. The van der Waals surface area contributed by atoms with E-state index >= 15 is 0 Å². The molecule has 0 aliphatic heterocycles. The van der Waals surface area contributed by atoms with Gasteiger partial charge in [-0.05, 0) is 24.3 Å². The predicted octanol–water partition coefficient (Wildman–Crippen LogP) is 3.45. The summed E-state index contributed by atoms with van der Waals surface area (Å²) in [5.41, 5.74) is 0.309. The minimum atomic E-state index is -0.626. The van der Waals surface area contributed by atoms with E-state index in [-0.39, 0.29) is 28.4 Å². The van der Waals surface area contributed by atoms with Crippen molar-refractivity contribution in [1.82, 2.24) is 15.5 Å². The summed E-state index contributed by atoms with van der Waals surface area (Å²) in [6.07, 6.45) is 0.566. The molecule has 1 aliphatic rings. The van der Waals surface area contributed by atoms with Gasteiger partial charge in [-0.2, -0.15) is 5.10 Å². The average molecular weight is 462 g/mol. The fourth-order valence-corrected chi connectivity index (χ4v) is 3.90. The Balaban J connectivity index is 1.36. The van der Waals surface area contributed by atoms with E-state index in [9.17, 15) is 19.2 Å². The number of carbonyl (C=O) groups is 4. The van der Waals surface area contributed by atoms with Crippen LogP contribution in [0.1, 0.15) is 31.3 Å². The number of benzene rings is 2. The van der Waals surface area contributed by atoms with Crippen molar-refractivity contribution in [3.8, 4) is 5.75 Å². The summed E-state index contributed by atoms with van der Waals surface area (Å²) in [6, 6.07) is 17.3. The van der Waals surface area contributed by atoms with Gasteiger partial charge in [-0.25, -0.2) is 4.79 Å². The molecule has 0 fully saturated rings. The predicted molar refractivity (Wildman–Crippen MR) is 123 cm³/mol. The molecule has 3 aromatic rings. The Kier molecular flexibility index (Phi) is 6.65. The molecule has 0 unspecified atom stereocenters. The molecule has 1 aliphatic carbocycles. The van der Waals surface area contributed by atoms with Crippen molar-refractivity contribution in [2.24, 2.45) is 0 Å². The van der Waals surface area contributed by atoms with Gasteiger partial charge in [0.2, 0.25) is 11.6 Å². The molecule has 3 N–H and O–H groups in total. The van der Waals surface area contributed by atoms with Crippen LogP contribution in [0.5, 0.6) is 5.75 Å². The summed E-state index contributed by atoms with van der Waals surface area (Å²) < 4.78 is 5.12. The molecule has 4 rings (SSSR count). The standard InChI is InChI=1S/C23H18N4O5S/c28-16-13-17(33-12-11-24-23(31)32-15-9-5-2-6-10-15)21(29)18-19(16)26-27-20(18)22(30)25-14-7-3-1-4-8-14/h1-10,13H,11-12H2,(H,24,31)(H,25,30)(H,26,27). The number of anilines is 1. The number of para-hydroxylation sites is 2. The lowest BCUT2D eigenvalue weighted by Gasteiger charge is -2.12. The summed E-state index contributed by atoms with van der Waals surface area (Å²) in [5.74, 6) is -0.806. The number of hydrogen-bond donors (Lipinski definition) is 3. The summed E-state index contributed by atoms with van der Waals surface area (Å²) in [7, 11) is 0. The zero-order valence-corrected chi connectivity index (χ0v) is 18.0. The zero-order valence-electron chi connectivity index (χ0n) is 17.2. The lowest BCUT2D eigenvalue weighted by molar-refractivity contribution is 0.0979. The van der Waals surface area contributed by atoms with E-state index in [2.05, 4.69) is 20.8 Å². The fourth-order valence-electron chi connectivity index (χ4n) is 3.05. The van der Waals surface area contributed by atoms with Crippen molar-refractivity contribution < 1.29 is 23.9 Å². The van der Waals surface area contributed by atoms with Gasteiger partial charge in [0.15, 0.2) is 0 Å². The molecule has 0 radical (unpaired) electrons. The Morgan fingerprint density at radius 1 is 1.00 bits per heavy atom. The van der Waals surface area contributed by atoms with E-state index in [0.29, 0.717) is 17.2 Å². The molecular formula is C23H18N4O5S. The highest BCUT2D eigenvalue weighted by atomic mass is 32.2. The van der Waals surface area contributed by atoms with Crippen LogP contribution in [0.4, 0.5) is 10.5 Å². The molecular weight excluding hydrogens is 444 g/mol. The number of hydrogen-bond acceptors (Lipinski definition) is 7. The Morgan fingerprint density at radius 3 is 2.42 bits per heavy atom. The molecule has 0 saturated carbocycles. The van der Waals surface area contributed by atoms with E-state index in [0.717, 1.165) is 11.8 Å². The Morgan fingerprint density at radius 2 is 1.70 bits per heavy atom. The molecule has 1 aromatic heterocycles. The highest BCUT2D eigenvalue weighted by Gasteiger charge is 2.33. The van der Waals surface area contributed by atoms with Crippen LogP contribution in [-0.4, -0.2) is 46.1 Å². The maximum atomic E-state index is 13.0. The van der Waals surface area contributed by atoms with Gasteiger partial charge in [0, 0.05) is 24.1 Å². The van der Waals surface area contributed by atoms with Crippen LogP contribution in [0.3, 0.4) is 0 Å². The number of nitrogens with zero attached hydrogens (tertiary/aromatic N) is 1. The molecule has 33 heavy (non-hydrogen) atoms. The summed E-state index contributed by atoms with van der Waals surface area (Å²) in [5, 5.41) is 11.6. The molecule has 9 nitrogen and oxygen atoms in total. The second-order valence-electron chi connectivity index (χ2n) is 6.82. The van der Waals surface area contributed by atoms with Gasteiger partial charge in [-0.3, -0.25) is 19.5 Å². The number of fused-ring (bicyclic) bond motifs is 1. The molecule has 166 valence electrons. The molecule has 1 heterocycles. The number of aromatic amines is 1. The number of allylic oxidation sites excluding steroid dienone is 2. The number of ketones is 2. The van der Waals surface area contributed by atoms with Crippen molar-refractivity contribution in [2.75, 3.05) is 17.6 Å². The van der Waals surface area contributed by atoms with Crippen LogP contribution in [0.15, 0.2) is 71.6 Å².